The molecule has 2 rings (SSSR count). The van der Waals surface area contributed by atoms with E-state index in [1.54, 1.807) is 0 Å². The number of carbonyl (C=O) groups is 1. The zero-order valence-corrected chi connectivity index (χ0v) is 13.8. The number of rotatable bonds is 7. The Bertz CT molecular complexity index is 449. The summed E-state index contributed by atoms with van der Waals surface area (Å²) in [5, 5.41) is 10.7. The van der Waals surface area contributed by atoms with Crippen LogP contribution in [0.4, 0.5) is 0 Å². The number of hydroxylamine groups is 2. The van der Waals surface area contributed by atoms with Crippen molar-refractivity contribution in [3.8, 4) is 0 Å². The van der Waals surface area contributed by atoms with Crippen LogP contribution >= 0.6 is 0 Å². The lowest BCUT2D eigenvalue weighted by Crippen LogP contribution is -2.28. The maximum absolute atomic E-state index is 12.2. The molecule has 3 heteroatoms. The van der Waals surface area contributed by atoms with Gasteiger partial charge in [0.1, 0.15) is 0 Å². The van der Waals surface area contributed by atoms with Crippen molar-refractivity contribution in [3.63, 3.8) is 0 Å². The fraction of sp³-hybridized carbons (Fsp3) is 0.632. The summed E-state index contributed by atoms with van der Waals surface area (Å²) in [6.45, 7) is 2.57. The lowest BCUT2D eigenvalue weighted by atomic mass is 9.84. The Labute approximate surface area is 134 Å². The lowest BCUT2D eigenvalue weighted by molar-refractivity contribution is -0.0588. The van der Waals surface area contributed by atoms with Gasteiger partial charge in [-0.2, -0.15) is 0 Å². The Morgan fingerprint density at radius 2 is 1.77 bits per heavy atom. The first-order valence-corrected chi connectivity index (χ1v) is 8.83. The van der Waals surface area contributed by atoms with E-state index in [4.69, 9.17) is 0 Å². The van der Waals surface area contributed by atoms with Crippen LogP contribution in [0.1, 0.15) is 86.6 Å². The van der Waals surface area contributed by atoms with Crippen molar-refractivity contribution >= 4 is 5.91 Å². The van der Waals surface area contributed by atoms with Crippen molar-refractivity contribution in [2.75, 3.05) is 6.54 Å². The SMILES string of the molecule is CCCCCCN(O)C(=O)c1ccc(C2CCCCC2)cc1. The van der Waals surface area contributed by atoms with Crippen LogP contribution in [0.15, 0.2) is 24.3 Å². The van der Waals surface area contributed by atoms with E-state index in [9.17, 15) is 10.0 Å². The molecule has 3 nitrogen and oxygen atoms in total. The van der Waals surface area contributed by atoms with Crippen molar-refractivity contribution < 1.29 is 10.0 Å². The van der Waals surface area contributed by atoms with E-state index in [1.165, 1.54) is 37.7 Å². The highest BCUT2D eigenvalue weighted by Crippen LogP contribution is 2.32. The maximum Gasteiger partial charge on any atom is 0.277 e. The molecule has 0 heterocycles. The first kappa shape index (κ1) is 17.0. The van der Waals surface area contributed by atoms with Crippen LogP contribution in [0.25, 0.3) is 0 Å². The summed E-state index contributed by atoms with van der Waals surface area (Å²) in [7, 11) is 0. The molecular formula is C19H29NO2. The molecule has 1 aliphatic rings. The van der Waals surface area contributed by atoms with E-state index in [1.807, 2.05) is 12.1 Å². The van der Waals surface area contributed by atoms with E-state index in [0.29, 0.717) is 18.0 Å². The molecule has 1 aromatic carbocycles. The van der Waals surface area contributed by atoms with Gasteiger partial charge in [0.25, 0.3) is 5.91 Å². The van der Waals surface area contributed by atoms with Gasteiger partial charge in [-0.3, -0.25) is 10.0 Å². The van der Waals surface area contributed by atoms with Crippen molar-refractivity contribution in [3.05, 3.63) is 35.4 Å². The van der Waals surface area contributed by atoms with E-state index in [0.717, 1.165) is 30.7 Å². The highest BCUT2D eigenvalue weighted by Gasteiger charge is 2.17. The van der Waals surface area contributed by atoms with Gasteiger partial charge in [0.05, 0.1) is 0 Å². The molecule has 1 aliphatic carbocycles. The van der Waals surface area contributed by atoms with Gasteiger partial charge in [-0.15, -0.1) is 0 Å². The fourth-order valence-electron chi connectivity index (χ4n) is 3.27. The minimum atomic E-state index is -0.285. The maximum atomic E-state index is 12.2. The van der Waals surface area contributed by atoms with Gasteiger partial charge in [-0.05, 0) is 42.9 Å². The molecule has 1 fully saturated rings. The molecule has 0 spiro atoms. The summed E-state index contributed by atoms with van der Waals surface area (Å²) in [6, 6.07) is 7.85. The minimum absolute atomic E-state index is 0.285. The van der Waals surface area contributed by atoms with Crippen LogP contribution in [0, 0.1) is 0 Å². The van der Waals surface area contributed by atoms with Gasteiger partial charge >= 0.3 is 0 Å². The van der Waals surface area contributed by atoms with E-state index in [-0.39, 0.29) is 5.91 Å². The predicted octanol–water partition coefficient (Wildman–Crippen LogP) is 5.15. The Morgan fingerprint density at radius 3 is 2.41 bits per heavy atom. The van der Waals surface area contributed by atoms with Crippen LogP contribution in [0.3, 0.4) is 0 Å². The molecule has 1 amide bonds. The van der Waals surface area contributed by atoms with Crippen LogP contribution in [0.5, 0.6) is 0 Å². The Kier molecular flexibility index (Phi) is 6.91. The van der Waals surface area contributed by atoms with Crippen LogP contribution < -0.4 is 0 Å². The summed E-state index contributed by atoms with van der Waals surface area (Å²) in [6.07, 6.45) is 10.7. The zero-order chi connectivity index (χ0) is 15.8. The van der Waals surface area contributed by atoms with Gasteiger partial charge in [-0.1, -0.05) is 57.6 Å². The third kappa shape index (κ3) is 4.84. The van der Waals surface area contributed by atoms with E-state index < -0.39 is 0 Å². The molecule has 0 aliphatic heterocycles. The Hall–Kier alpha value is -1.35. The highest BCUT2D eigenvalue weighted by molar-refractivity contribution is 5.93. The van der Waals surface area contributed by atoms with Crippen LogP contribution in [-0.2, 0) is 0 Å². The fourth-order valence-corrected chi connectivity index (χ4v) is 3.27. The molecule has 0 atom stereocenters. The second-order valence-electron chi connectivity index (χ2n) is 6.45. The van der Waals surface area contributed by atoms with Gasteiger partial charge < -0.3 is 0 Å². The molecule has 0 unspecified atom stereocenters. The average molecular weight is 303 g/mol. The number of amides is 1. The largest absolute Gasteiger partial charge is 0.286 e. The molecule has 0 saturated heterocycles. The quantitative estimate of drug-likeness (QED) is 0.430. The third-order valence-corrected chi connectivity index (χ3v) is 4.69. The molecule has 0 radical (unpaired) electrons. The first-order chi connectivity index (χ1) is 10.7. The van der Waals surface area contributed by atoms with Gasteiger partial charge in [-0.25, -0.2) is 5.06 Å². The molecule has 22 heavy (non-hydrogen) atoms. The number of nitrogens with zero attached hydrogens (tertiary/aromatic N) is 1. The van der Waals surface area contributed by atoms with Gasteiger partial charge in [0, 0.05) is 12.1 Å². The topological polar surface area (TPSA) is 40.5 Å². The molecule has 0 aromatic heterocycles. The molecule has 1 N–H and O–H groups in total. The summed E-state index contributed by atoms with van der Waals surface area (Å²) in [4.78, 5) is 12.2. The summed E-state index contributed by atoms with van der Waals surface area (Å²) >= 11 is 0. The van der Waals surface area contributed by atoms with Crippen molar-refractivity contribution in [2.24, 2.45) is 0 Å². The Balaban J connectivity index is 1.87. The van der Waals surface area contributed by atoms with Gasteiger partial charge in [0.2, 0.25) is 0 Å². The first-order valence-electron chi connectivity index (χ1n) is 8.83. The van der Waals surface area contributed by atoms with Crippen molar-refractivity contribution in [1.82, 2.24) is 5.06 Å². The van der Waals surface area contributed by atoms with E-state index in [2.05, 4.69) is 19.1 Å². The molecule has 0 bridgehead atoms. The number of benzene rings is 1. The van der Waals surface area contributed by atoms with Crippen molar-refractivity contribution in [2.45, 2.75) is 70.6 Å². The number of unbranched alkanes of at least 4 members (excludes halogenated alkanes) is 3. The van der Waals surface area contributed by atoms with Crippen molar-refractivity contribution in [1.29, 1.82) is 0 Å². The van der Waals surface area contributed by atoms with Crippen LogP contribution in [-0.4, -0.2) is 22.7 Å². The standard InChI is InChI=1S/C19H29NO2/c1-2-3-4-8-15-20(22)19(21)18-13-11-17(12-14-18)16-9-6-5-7-10-16/h11-14,16,22H,2-10,15H2,1H3. The number of hydrogen-bond acceptors (Lipinski definition) is 2. The average Bonchev–Trinajstić information content (AvgIpc) is 2.59. The smallest absolute Gasteiger partial charge is 0.277 e. The molecule has 122 valence electrons. The summed E-state index contributed by atoms with van der Waals surface area (Å²) in [5.41, 5.74) is 1.92. The predicted molar refractivity (Wildman–Crippen MR) is 89.2 cm³/mol. The third-order valence-electron chi connectivity index (χ3n) is 4.69. The second-order valence-corrected chi connectivity index (χ2v) is 6.45. The second kappa shape index (κ2) is 8.94. The van der Waals surface area contributed by atoms with E-state index >= 15 is 0 Å². The highest BCUT2D eigenvalue weighted by atomic mass is 16.5. The molecule has 1 saturated carbocycles. The lowest BCUT2D eigenvalue weighted by Gasteiger charge is -2.22. The number of hydrogen-bond donors (Lipinski definition) is 1. The van der Waals surface area contributed by atoms with Gasteiger partial charge in [0.15, 0.2) is 0 Å². The molecule has 1 aromatic rings. The van der Waals surface area contributed by atoms with Crippen LogP contribution in [0.2, 0.25) is 0 Å². The molecular weight excluding hydrogens is 274 g/mol. The minimum Gasteiger partial charge on any atom is -0.286 e. The Morgan fingerprint density at radius 1 is 1.09 bits per heavy atom. The normalized spacial score (nSPS) is 15.7. The number of carbonyl (C=O) groups excluding carboxylic acids is 1. The monoisotopic (exact) mass is 303 g/mol. The summed E-state index contributed by atoms with van der Waals surface area (Å²) < 4.78 is 0. The zero-order valence-electron chi connectivity index (χ0n) is 13.8. The summed E-state index contributed by atoms with van der Waals surface area (Å²) in [5.74, 6) is 0.365.